The minimum absolute atomic E-state index is 0.184. The first-order valence-electron chi connectivity index (χ1n) is 12.4. The lowest BCUT2D eigenvalue weighted by Crippen LogP contribution is -2.48. The van der Waals surface area contributed by atoms with Gasteiger partial charge in [0, 0.05) is 17.7 Å². The van der Waals surface area contributed by atoms with Gasteiger partial charge in [-0.25, -0.2) is 4.39 Å². The molecule has 0 saturated carbocycles. The zero-order valence-corrected chi connectivity index (χ0v) is 24.0. The van der Waals surface area contributed by atoms with Crippen LogP contribution in [0.25, 0.3) is 11.1 Å². The lowest BCUT2D eigenvalue weighted by molar-refractivity contribution is -0.384. The van der Waals surface area contributed by atoms with E-state index in [0.29, 0.717) is 16.7 Å². The van der Waals surface area contributed by atoms with E-state index in [1.54, 1.807) is 50.2 Å². The number of nitro groups is 1. The quantitative estimate of drug-likeness (QED) is 0.0685. The van der Waals surface area contributed by atoms with Gasteiger partial charge in [-0.1, -0.05) is 65.7 Å². The predicted molar refractivity (Wildman–Crippen MR) is 152 cm³/mol. The molecule has 3 aromatic carbocycles. The molecule has 0 aliphatic rings. The number of hydrogen-bond acceptors (Lipinski definition) is 7. The third-order valence-corrected chi connectivity index (χ3v) is 6.74. The van der Waals surface area contributed by atoms with E-state index < -0.39 is 51.3 Å². The van der Waals surface area contributed by atoms with Gasteiger partial charge in [0.15, 0.2) is 11.1 Å². The second-order valence-corrected chi connectivity index (χ2v) is 11.6. The third-order valence-electron chi connectivity index (χ3n) is 6.40. The van der Waals surface area contributed by atoms with Crippen LogP contribution in [-0.4, -0.2) is 45.7 Å². The van der Waals surface area contributed by atoms with Crippen molar-refractivity contribution in [3.63, 3.8) is 0 Å². The molecule has 2 atom stereocenters. The van der Waals surface area contributed by atoms with Crippen molar-refractivity contribution in [1.29, 1.82) is 0 Å². The second kappa shape index (κ2) is 13.4. The van der Waals surface area contributed by atoms with Crippen LogP contribution in [0.1, 0.15) is 38.0 Å². The van der Waals surface area contributed by atoms with Crippen molar-refractivity contribution in [3.8, 4) is 11.1 Å². The number of benzene rings is 3. The van der Waals surface area contributed by atoms with Crippen molar-refractivity contribution in [2.45, 2.75) is 42.7 Å². The summed E-state index contributed by atoms with van der Waals surface area (Å²) in [5.41, 5.74) is 0.315. The summed E-state index contributed by atoms with van der Waals surface area (Å²) in [5, 5.41) is 24.2. The lowest BCUT2D eigenvalue weighted by Gasteiger charge is -2.27. The minimum atomic E-state index is -1.82. The van der Waals surface area contributed by atoms with Crippen LogP contribution in [0.3, 0.4) is 0 Å². The first-order chi connectivity index (χ1) is 19.2. The van der Waals surface area contributed by atoms with Crippen molar-refractivity contribution in [3.05, 3.63) is 99.9 Å². The molecule has 0 unspecified atom stereocenters. The van der Waals surface area contributed by atoms with Crippen LogP contribution in [0, 0.1) is 15.9 Å². The van der Waals surface area contributed by atoms with Gasteiger partial charge in [-0.15, -0.1) is 0 Å². The van der Waals surface area contributed by atoms with Gasteiger partial charge < -0.3 is 19.9 Å². The molecule has 3 rings (SSSR count). The summed E-state index contributed by atoms with van der Waals surface area (Å²) in [6.45, 7) is 3.50. The number of carbonyl (C=O) groups is 2. The summed E-state index contributed by atoms with van der Waals surface area (Å²) in [6.07, 6.45) is -1.38. The zero-order valence-electron chi connectivity index (χ0n) is 22.5. The van der Waals surface area contributed by atoms with Gasteiger partial charge in [-0.3, -0.25) is 19.7 Å². The van der Waals surface area contributed by atoms with Crippen LogP contribution >= 0.6 is 23.2 Å². The smallest absolute Gasteiger partial charge is 0.318 e. The highest BCUT2D eigenvalue weighted by atomic mass is 35.5. The monoisotopic (exact) mass is 606 g/mol. The Balaban J connectivity index is 1.65. The molecule has 0 fully saturated rings. The van der Waals surface area contributed by atoms with E-state index in [9.17, 15) is 29.2 Å². The van der Waals surface area contributed by atoms with Crippen LogP contribution in [0.5, 0.6) is 0 Å². The van der Waals surface area contributed by atoms with Crippen molar-refractivity contribution in [2.75, 3.05) is 13.4 Å². The Kier molecular flexibility index (Phi) is 10.4. The molecule has 0 saturated heterocycles. The Morgan fingerprint density at radius 2 is 1.68 bits per heavy atom. The largest absolute Gasteiger partial charge is 0.438 e. The molecule has 218 valence electrons. The molecular weight excluding hydrogens is 578 g/mol. The topological polar surface area (TPSA) is 128 Å². The van der Waals surface area contributed by atoms with E-state index in [0.717, 1.165) is 0 Å². The first-order valence-corrected chi connectivity index (χ1v) is 13.2. The van der Waals surface area contributed by atoms with Crippen molar-refractivity contribution in [1.82, 2.24) is 5.32 Å². The molecule has 2 N–H and O–H groups in total. The lowest BCUT2D eigenvalue weighted by atomic mass is 9.84. The number of alkyl halides is 2. The summed E-state index contributed by atoms with van der Waals surface area (Å²) in [7, 11) is 0. The normalized spacial score (nSPS) is 13.2. The molecule has 1 amide bonds. The maximum Gasteiger partial charge on any atom is 0.318 e. The summed E-state index contributed by atoms with van der Waals surface area (Å²) in [6, 6.07) is 17.5. The maximum atomic E-state index is 14.9. The average Bonchev–Trinajstić information content (AvgIpc) is 2.93. The van der Waals surface area contributed by atoms with Crippen molar-refractivity contribution in [2.24, 2.45) is 0 Å². The molecule has 0 bridgehead atoms. The number of nitrogens with one attached hydrogen (secondary N) is 1. The van der Waals surface area contributed by atoms with Gasteiger partial charge in [0.25, 0.3) is 11.6 Å². The summed E-state index contributed by atoms with van der Waals surface area (Å²) >= 11 is 11.7. The maximum absolute atomic E-state index is 14.9. The highest BCUT2D eigenvalue weighted by Crippen LogP contribution is 2.30. The number of amides is 1. The Labute approximate surface area is 246 Å². The molecule has 3 aromatic rings. The van der Waals surface area contributed by atoms with Gasteiger partial charge in [0.1, 0.15) is 11.9 Å². The zero-order chi connectivity index (χ0) is 30.4. The number of esters is 1. The summed E-state index contributed by atoms with van der Waals surface area (Å²) in [4.78, 5) is 35.6. The standard InChI is InChI=1S/C29H29Cl2FN2O7/c1-28(2,20-11-14-22(23(32)15-20)18-7-5-4-6-8-18)27(37)41-17-40-16-24(33-26(36)29(3,30)31)25(35)19-9-12-21(13-10-19)34(38)39/h4-15,24-25,35H,16-17H2,1-3H3,(H,33,36)/t24-,25-/m1/s1. The van der Waals surface area contributed by atoms with Gasteiger partial charge in [0.2, 0.25) is 0 Å². The van der Waals surface area contributed by atoms with Crippen LogP contribution in [0.15, 0.2) is 72.8 Å². The number of ether oxygens (including phenoxy) is 2. The number of halogens is 3. The number of nitrogens with zero attached hydrogens (tertiary/aromatic N) is 1. The third kappa shape index (κ3) is 8.23. The fourth-order valence-electron chi connectivity index (χ4n) is 3.86. The molecule has 0 spiro atoms. The summed E-state index contributed by atoms with van der Waals surface area (Å²) < 4.78 is 23.8. The number of aliphatic hydroxyl groups is 1. The van der Waals surface area contributed by atoms with Crippen LogP contribution < -0.4 is 5.32 Å². The van der Waals surface area contributed by atoms with E-state index >= 15 is 0 Å². The Morgan fingerprint density at radius 1 is 1.05 bits per heavy atom. The molecular formula is C29H29Cl2FN2O7. The molecule has 9 nitrogen and oxygen atoms in total. The number of nitro benzene ring substituents is 1. The molecule has 0 heterocycles. The number of hydrogen-bond donors (Lipinski definition) is 2. The summed E-state index contributed by atoms with van der Waals surface area (Å²) in [5.74, 6) is -2.01. The predicted octanol–water partition coefficient (Wildman–Crippen LogP) is 5.61. The number of non-ortho nitro benzene ring substituents is 1. The molecule has 0 radical (unpaired) electrons. The molecule has 0 aliphatic heterocycles. The van der Waals surface area contributed by atoms with Crippen molar-refractivity contribution < 1.29 is 33.5 Å². The van der Waals surface area contributed by atoms with E-state index in [1.165, 1.54) is 37.3 Å². The highest BCUT2D eigenvalue weighted by molar-refractivity contribution is 6.57. The van der Waals surface area contributed by atoms with Crippen LogP contribution in [-0.2, 0) is 24.5 Å². The van der Waals surface area contributed by atoms with Crippen LogP contribution in [0.4, 0.5) is 10.1 Å². The van der Waals surface area contributed by atoms with Gasteiger partial charge in [-0.2, -0.15) is 0 Å². The van der Waals surface area contributed by atoms with Gasteiger partial charge >= 0.3 is 5.97 Å². The molecule has 41 heavy (non-hydrogen) atoms. The van der Waals surface area contributed by atoms with E-state index in [1.807, 2.05) is 6.07 Å². The number of carbonyl (C=O) groups excluding carboxylic acids is 2. The Hall–Kier alpha value is -3.57. The SMILES string of the molecule is CC(Cl)(Cl)C(=O)N[C@H](COCOC(=O)C(C)(C)c1ccc(-c2ccccc2)c(F)c1)[C@H](O)c1ccc([N+](=O)[O-])cc1. The molecule has 12 heteroatoms. The Morgan fingerprint density at radius 3 is 2.24 bits per heavy atom. The fraction of sp³-hybridized carbons (Fsp3) is 0.310. The number of rotatable bonds is 12. The first kappa shape index (κ1) is 32.0. The van der Waals surface area contributed by atoms with Crippen molar-refractivity contribution >= 4 is 40.8 Å². The molecule has 0 aliphatic carbocycles. The number of aliphatic hydroxyl groups excluding tert-OH is 1. The Bertz CT molecular complexity index is 1380. The van der Waals surface area contributed by atoms with E-state index in [-0.39, 0.29) is 17.9 Å². The fourth-order valence-corrected chi connectivity index (χ4v) is 3.97. The van der Waals surface area contributed by atoms with E-state index in [4.69, 9.17) is 32.7 Å². The van der Waals surface area contributed by atoms with Gasteiger partial charge in [0.05, 0.1) is 23.0 Å². The van der Waals surface area contributed by atoms with Gasteiger partial charge in [-0.05, 0) is 55.7 Å². The minimum Gasteiger partial charge on any atom is -0.438 e. The second-order valence-electron chi connectivity index (χ2n) is 9.87. The molecule has 0 aromatic heterocycles. The van der Waals surface area contributed by atoms with Crippen LogP contribution in [0.2, 0.25) is 0 Å². The van der Waals surface area contributed by atoms with E-state index in [2.05, 4.69) is 5.32 Å². The average molecular weight is 607 g/mol. The highest BCUT2D eigenvalue weighted by Gasteiger charge is 2.34.